The van der Waals surface area contributed by atoms with Gasteiger partial charge in [-0.2, -0.15) is 0 Å². The second-order valence-electron chi connectivity index (χ2n) is 6.10. The predicted octanol–water partition coefficient (Wildman–Crippen LogP) is 4.00. The molecule has 0 aromatic heterocycles. The van der Waals surface area contributed by atoms with Gasteiger partial charge < -0.3 is 5.11 Å². The first kappa shape index (κ1) is 13.0. The van der Waals surface area contributed by atoms with Crippen LogP contribution in [0, 0.1) is 17.3 Å². The third-order valence-electron chi connectivity index (χ3n) is 4.45. The summed E-state index contributed by atoms with van der Waals surface area (Å²) in [4.78, 5) is 0. The van der Waals surface area contributed by atoms with E-state index in [2.05, 4.69) is 27.7 Å². The first-order valence-corrected chi connectivity index (χ1v) is 6.65. The minimum Gasteiger partial charge on any atom is -0.393 e. The molecule has 1 heteroatoms. The van der Waals surface area contributed by atoms with Crippen LogP contribution in [0.4, 0.5) is 0 Å². The molecule has 0 aliphatic heterocycles. The van der Waals surface area contributed by atoms with E-state index in [4.69, 9.17) is 0 Å². The Bertz CT molecular complexity index is 186. The summed E-state index contributed by atoms with van der Waals surface area (Å²) in [6, 6.07) is 0. The molecule has 0 aromatic rings. The molecule has 0 amide bonds. The van der Waals surface area contributed by atoms with Gasteiger partial charge in [0.25, 0.3) is 0 Å². The highest BCUT2D eigenvalue weighted by molar-refractivity contribution is 4.86. The molecule has 1 rings (SSSR count). The molecule has 0 spiro atoms. The van der Waals surface area contributed by atoms with E-state index >= 15 is 0 Å². The Morgan fingerprint density at radius 2 is 2.07 bits per heavy atom. The predicted molar refractivity (Wildman–Crippen MR) is 65.8 cm³/mol. The summed E-state index contributed by atoms with van der Waals surface area (Å²) in [5, 5.41) is 9.65. The van der Waals surface area contributed by atoms with E-state index in [9.17, 15) is 5.11 Å². The van der Waals surface area contributed by atoms with Gasteiger partial charge in [0.2, 0.25) is 0 Å². The van der Waals surface area contributed by atoms with Crippen molar-refractivity contribution in [3.63, 3.8) is 0 Å². The smallest absolute Gasteiger partial charge is 0.0537 e. The Hall–Kier alpha value is -0.0400. The largest absolute Gasteiger partial charge is 0.393 e. The van der Waals surface area contributed by atoms with E-state index in [1.165, 1.54) is 25.7 Å². The Morgan fingerprint density at radius 1 is 1.40 bits per heavy atom. The summed E-state index contributed by atoms with van der Waals surface area (Å²) < 4.78 is 0. The Labute approximate surface area is 95.3 Å². The molecule has 1 N–H and O–H groups in total. The van der Waals surface area contributed by atoms with Crippen molar-refractivity contribution in [2.45, 2.75) is 72.3 Å². The van der Waals surface area contributed by atoms with Crippen LogP contribution in [0.5, 0.6) is 0 Å². The topological polar surface area (TPSA) is 20.2 Å². The van der Waals surface area contributed by atoms with Gasteiger partial charge in [0.05, 0.1) is 6.10 Å². The number of rotatable bonds is 4. The quantitative estimate of drug-likeness (QED) is 0.747. The molecule has 0 saturated heterocycles. The first-order chi connectivity index (χ1) is 6.97. The second-order valence-corrected chi connectivity index (χ2v) is 6.10. The van der Waals surface area contributed by atoms with Crippen molar-refractivity contribution in [2.75, 3.05) is 0 Å². The Morgan fingerprint density at radius 3 is 2.60 bits per heavy atom. The maximum atomic E-state index is 9.65. The monoisotopic (exact) mass is 212 g/mol. The molecule has 1 fully saturated rings. The van der Waals surface area contributed by atoms with E-state index in [1.807, 2.05) is 0 Å². The molecule has 2 unspecified atom stereocenters. The number of hydrogen-bond acceptors (Lipinski definition) is 1. The first-order valence-electron chi connectivity index (χ1n) is 6.65. The Balaban J connectivity index is 2.48. The van der Waals surface area contributed by atoms with Gasteiger partial charge in [0.15, 0.2) is 0 Å². The molecule has 0 bridgehead atoms. The minimum absolute atomic E-state index is 0.0741. The summed E-state index contributed by atoms with van der Waals surface area (Å²) in [5.41, 5.74) is 0.491. The SMILES string of the molecule is CCC(O)CCC1[C@@H](C)CCCC1(C)C. The zero-order chi connectivity index (χ0) is 11.5. The van der Waals surface area contributed by atoms with Crippen LogP contribution in [0.2, 0.25) is 0 Å². The number of aliphatic hydroxyl groups is 1. The van der Waals surface area contributed by atoms with Gasteiger partial charge in [-0.25, -0.2) is 0 Å². The van der Waals surface area contributed by atoms with Crippen molar-refractivity contribution < 1.29 is 5.11 Å². The zero-order valence-electron chi connectivity index (χ0n) is 10.9. The van der Waals surface area contributed by atoms with Crippen molar-refractivity contribution >= 4 is 0 Å². The van der Waals surface area contributed by atoms with Gasteiger partial charge in [-0.05, 0) is 42.9 Å². The molecular weight excluding hydrogens is 184 g/mol. The summed E-state index contributed by atoms with van der Waals surface area (Å²) in [7, 11) is 0. The zero-order valence-corrected chi connectivity index (χ0v) is 10.9. The van der Waals surface area contributed by atoms with E-state index in [-0.39, 0.29) is 6.10 Å². The average Bonchev–Trinajstić information content (AvgIpc) is 2.15. The summed E-state index contributed by atoms with van der Waals surface area (Å²) in [5.74, 6) is 1.66. The van der Waals surface area contributed by atoms with Crippen LogP contribution in [0.3, 0.4) is 0 Å². The highest BCUT2D eigenvalue weighted by Crippen LogP contribution is 2.46. The van der Waals surface area contributed by atoms with Crippen LogP contribution >= 0.6 is 0 Å². The maximum Gasteiger partial charge on any atom is 0.0537 e. The third-order valence-corrected chi connectivity index (χ3v) is 4.45. The van der Waals surface area contributed by atoms with Crippen molar-refractivity contribution in [2.24, 2.45) is 17.3 Å². The molecule has 1 aliphatic rings. The Kier molecular flexibility index (Phi) is 4.64. The third kappa shape index (κ3) is 3.48. The lowest BCUT2D eigenvalue weighted by Gasteiger charge is -2.43. The lowest BCUT2D eigenvalue weighted by Crippen LogP contribution is -2.34. The normalized spacial score (nSPS) is 32.6. The van der Waals surface area contributed by atoms with Crippen molar-refractivity contribution in [1.82, 2.24) is 0 Å². The van der Waals surface area contributed by atoms with Crippen LogP contribution in [0.25, 0.3) is 0 Å². The molecule has 90 valence electrons. The highest BCUT2D eigenvalue weighted by Gasteiger charge is 2.36. The van der Waals surface area contributed by atoms with E-state index < -0.39 is 0 Å². The number of aliphatic hydroxyl groups excluding tert-OH is 1. The molecule has 15 heavy (non-hydrogen) atoms. The van der Waals surface area contributed by atoms with Crippen LogP contribution in [0.15, 0.2) is 0 Å². The van der Waals surface area contributed by atoms with Crippen molar-refractivity contribution in [3.05, 3.63) is 0 Å². The fourth-order valence-electron chi connectivity index (χ4n) is 3.29. The van der Waals surface area contributed by atoms with Crippen molar-refractivity contribution in [3.8, 4) is 0 Å². The van der Waals surface area contributed by atoms with Gasteiger partial charge in [-0.3, -0.25) is 0 Å². The summed E-state index contributed by atoms with van der Waals surface area (Å²) in [6.07, 6.45) is 7.18. The van der Waals surface area contributed by atoms with Crippen LogP contribution in [0.1, 0.15) is 66.2 Å². The van der Waals surface area contributed by atoms with Crippen molar-refractivity contribution in [1.29, 1.82) is 0 Å². The maximum absolute atomic E-state index is 9.65. The molecule has 0 heterocycles. The van der Waals surface area contributed by atoms with E-state index in [0.717, 1.165) is 24.7 Å². The van der Waals surface area contributed by atoms with E-state index in [1.54, 1.807) is 0 Å². The minimum atomic E-state index is -0.0741. The average molecular weight is 212 g/mol. The standard InChI is InChI=1S/C14H28O/c1-5-12(15)8-9-13-11(2)7-6-10-14(13,3)4/h11-13,15H,5-10H2,1-4H3/t11-,12?,13?/m0/s1. The summed E-state index contributed by atoms with van der Waals surface area (Å²) in [6.45, 7) is 9.28. The van der Waals surface area contributed by atoms with Crippen LogP contribution < -0.4 is 0 Å². The van der Waals surface area contributed by atoms with E-state index in [0.29, 0.717) is 5.41 Å². The van der Waals surface area contributed by atoms with Gasteiger partial charge in [0.1, 0.15) is 0 Å². The molecule has 0 radical (unpaired) electrons. The molecule has 1 saturated carbocycles. The number of hydrogen-bond donors (Lipinski definition) is 1. The summed E-state index contributed by atoms with van der Waals surface area (Å²) >= 11 is 0. The van der Waals surface area contributed by atoms with Gasteiger partial charge in [-0.1, -0.05) is 40.5 Å². The molecule has 0 aromatic carbocycles. The molecule has 1 nitrogen and oxygen atoms in total. The van der Waals surface area contributed by atoms with Gasteiger partial charge >= 0.3 is 0 Å². The molecule has 3 atom stereocenters. The lowest BCUT2D eigenvalue weighted by atomic mass is 9.62. The van der Waals surface area contributed by atoms with Crippen LogP contribution in [-0.2, 0) is 0 Å². The fraction of sp³-hybridized carbons (Fsp3) is 1.00. The lowest BCUT2D eigenvalue weighted by molar-refractivity contribution is 0.0570. The fourth-order valence-corrected chi connectivity index (χ4v) is 3.29. The molecule has 1 aliphatic carbocycles. The van der Waals surface area contributed by atoms with Gasteiger partial charge in [-0.15, -0.1) is 0 Å². The highest BCUT2D eigenvalue weighted by atomic mass is 16.3. The molecular formula is C14H28O. The van der Waals surface area contributed by atoms with Gasteiger partial charge in [0, 0.05) is 0 Å². The second kappa shape index (κ2) is 5.34. The van der Waals surface area contributed by atoms with Crippen LogP contribution in [-0.4, -0.2) is 11.2 Å².